The zero-order chi connectivity index (χ0) is 16.8. The van der Waals surface area contributed by atoms with Crippen molar-refractivity contribution in [3.63, 3.8) is 0 Å². The summed E-state index contributed by atoms with van der Waals surface area (Å²) in [6.45, 7) is 2.53. The lowest BCUT2D eigenvalue weighted by Gasteiger charge is -2.12. The second-order valence-electron chi connectivity index (χ2n) is 5.84. The van der Waals surface area contributed by atoms with Crippen LogP contribution in [0, 0.1) is 0 Å². The van der Waals surface area contributed by atoms with Crippen LogP contribution in [-0.4, -0.2) is 11.2 Å². The Labute approximate surface area is 147 Å². The fourth-order valence-electron chi connectivity index (χ4n) is 2.55. The fraction of sp³-hybridized carbons (Fsp3) is 0.190. The lowest BCUT2D eigenvalue weighted by molar-refractivity contribution is -0.120. The molecule has 24 heavy (non-hydrogen) atoms. The van der Waals surface area contributed by atoms with Crippen LogP contribution in [-0.2, 0) is 17.1 Å². The second-order valence-corrected chi connectivity index (χ2v) is 7.17. The molecule has 0 saturated heterocycles. The fourth-order valence-corrected chi connectivity index (χ4v) is 3.42. The molecule has 0 aliphatic rings. The molecule has 0 aliphatic carbocycles. The highest BCUT2D eigenvalue weighted by atomic mass is 32.2. The predicted octanol–water partition coefficient (Wildman–Crippen LogP) is 4.78. The van der Waals surface area contributed by atoms with E-state index in [2.05, 4.69) is 47.8 Å². The van der Waals surface area contributed by atoms with E-state index >= 15 is 0 Å². The number of carbonyl (C=O) groups excluding carboxylic acids is 1. The minimum absolute atomic E-state index is 0.0642. The topological polar surface area (TPSA) is 29.1 Å². The molecule has 0 aliphatic heterocycles. The number of amides is 1. The summed E-state index contributed by atoms with van der Waals surface area (Å²) in [5, 5.41) is 5.40. The van der Waals surface area contributed by atoms with Crippen molar-refractivity contribution in [1.82, 2.24) is 5.32 Å². The van der Waals surface area contributed by atoms with Crippen LogP contribution in [0.4, 0.5) is 0 Å². The van der Waals surface area contributed by atoms with Gasteiger partial charge in [-0.3, -0.25) is 4.79 Å². The Hall–Kier alpha value is -2.26. The molecule has 0 aromatic heterocycles. The lowest BCUT2D eigenvalue weighted by atomic mass is 10.1. The summed E-state index contributed by atoms with van der Waals surface area (Å²) in [5.74, 6) is 0.940. The van der Waals surface area contributed by atoms with Crippen molar-refractivity contribution in [3.05, 3.63) is 83.9 Å². The zero-order valence-corrected chi connectivity index (χ0v) is 14.6. The summed E-state index contributed by atoms with van der Waals surface area (Å²) < 4.78 is 0. The van der Waals surface area contributed by atoms with E-state index in [1.807, 2.05) is 37.3 Å². The molecule has 0 spiro atoms. The van der Waals surface area contributed by atoms with Crippen molar-refractivity contribution < 1.29 is 4.79 Å². The van der Waals surface area contributed by atoms with Gasteiger partial charge in [-0.25, -0.2) is 0 Å². The summed E-state index contributed by atoms with van der Waals surface area (Å²) in [6, 6.07) is 24.8. The van der Waals surface area contributed by atoms with Gasteiger partial charge in [0, 0.05) is 12.3 Å². The van der Waals surface area contributed by atoms with Crippen molar-refractivity contribution in [3.8, 4) is 0 Å². The van der Waals surface area contributed by atoms with Crippen molar-refractivity contribution in [2.75, 3.05) is 0 Å². The average molecular weight is 335 g/mol. The highest BCUT2D eigenvalue weighted by Crippen LogP contribution is 2.18. The maximum atomic E-state index is 12.3. The Kier molecular flexibility index (Phi) is 5.55. The summed E-state index contributed by atoms with van der Waals surface area (Å²) in [7, 11) is 0. The van der Waals surface area contributed by atoms with Gasteiger partial charge in [0.25, 0.3) is 0 Å². The zero-order valence-electron chi connectivity index (χ0n) is 13.7. The largest absolute Gasteiger partial charge is 0.351 e. The van der Waals surface area contributed by atoms with Crippen LogP contribution in [0.25, 0.3) is 10.8 Å². The number of nitrogens with one attached hydrogen (secondary N) is 1. The van der Waals surface area contributed by atoms with Gasteiger partial charge in [-0.2, -0.15) is 0 Å². The first-order chi connectivity index (χ1) is 11.7. The number of thioether (sulfide) groups is 1. The van der Waals surface area contributed by atoms with E-state index in [0.717, 1.165) is 11.3 Å². The predicted molar refractivity (Wildman–Crippen MR) is 103 cm³/mol. The molecule has 0 unspecified atom stereocenters. The van der Waals surface area contributed by atoms with Crippen LogP contribution in [0.3, 0.4) is 0 Å². The maximum Gasteiger partial charge on any atom is 0.233 e. The molecule has 3 rings (SSSR count). The van der Waals surface area contributed by atoms with E-state index in [0.29, 0.717) is 6.54 Å². The minimum Gasteiger partial charge on any atom is -0.351 e. The summed E-state index contributed by atoms with van der Waals surface area (Å²) >= 11 is 1.66. The Morgan fingerprint density at radius 1 is 0.917 bits per heavy atom. The molecule has 0 heterocycles. The average Bonchev–Trinajstić information content (AvgIpc) is 2.64. The Morgan fingerprint density at radius 2 is 1.62 bits per heavy atom. The molecule has 122 valence electrons. The molecule has 3 aromatic carbocycles. The maximum absolute atomic E-state index is 12.3. The molecule has 1 N–H and O–H groups in total. The number of hydrogen-bond acceptors (Lipinski definition) is 2. The smallest absolute Gasteiger partial charge is 0.233 e. The van der Waals surface area contributed by atoms with E-state index in [4.69, 9.17) is 0 Å². The van der Waals surface area contributed by atoms with Crippen LogP contribution < -0.4 is 5.32 Å². The Bertz CT molecular complexity index is 816. The van der Waals surface area contributed by atoms with Crippen LogP contribution in [0.5, 0.6) is 0 Å². The van der Waals surface area contributed by atoms with Gasteiger partial charge in [0.2, 0.25) is 5.91 Å². The first-order valence-electron chi connectivity index (χ1n) is 8.13. The van der Waals surface area contributed by atoms with Gasteiger partial charge in [0.05, 0.1) is 5.25 Å². The van der Waals surface area contributed by atoms with Crippen LogP contribution in [0.2, 0.25) is 0 Å². The van der Waals surface area contributed by atoms with Crippen molar-refractivity contribution >= 4 is 28.4 Å². The number of carbonyl (C=O) groups is 1. The molecule has 1 atom stereocenters. The molecule has 0 fully saturated rings. The normalized spacial score (nSPS) is 12.0. The van der Waals surface area contributed by atoms with Crippen LogP contribution in [0.15, 0.2) is 72.8 Å². The number of rotatable bonds is 6. The van der Waals surface area contributed by atoms with Gasteiger partial charge in [-0.15, -0.1) is 11.8 Å². The highest BCUT2D eigenvalue weighted by Gasteiger charge is 2.13. The quantitative estimate of drug-likeness (QED) is 0.702. The third-order valence-electron chi connectivity index (χ3n) is 3.99. The molecular weight excluding hydrogens is 314 g/mol. The molecule has 0 saturated carbocycles. The standard InChI is InChI=1S/C21H21NOS/c1-16(24-15-17-7-3-2-4-8-17)21(23)22-14-18-11-12-19-9-5-6-10-20(19)13-18/h2-13,16H,14-15H2,1H3,(H,22,23)/t16-/m0/s1. The minimum atomic E-state index is -0.0642. The van der Waals surface area contributed by atoms with Crippen LogP contribution in [0.1, 0.15) is 18.1 Å². The SMILES string of the molecule is C[C@H](SCc1ccccc1)C(=O)NCc1ccc2ccccc2c1. The first kappa shape index (κ1) is 16.6. The second kappa shape index (κ2) is 8.02. The van der Waals surface area contributed by atoms with Gasteiger partial charge in [0.15, 0.2) is 0 Å². The summed E-state index contributed by atoms with van der Waals surface area (Å²) in [6.07, 6.45) is 0. The third kappa shape index (κ3) is 4.39. The Morgan fingerprint density at radius 3 is 2.42 bits per heavy atom. The number of hydrogen-bond donors (Lipinski definition) is 1. The van der Waals surface area contributed by atoms with Gasteiger partial charge < -0.3 is 5.32 Å². The van der Waals surface area contributed by atoms with Gasteiger partial charge >= 0.3 is 0 Å². The molecule has 0 radical (unpaired) electrons. The molecule has 0 bridgehead atoms. The summed E-state index contributed by atoms with van der Waals surface area (Å²) in [5.41, 5.74) is 2.37. The van der Waals surface area contributed by atoms with E-state index in [9.17, 15) is 4.79 Å². The molecule has 2 nitrogen and oxygen atoms in total. The van der Waals surface area contributed by atoms with Crippen LogP contribution >= 0.6 is 11.8 Å². The van der Waals surface area contributed by atoms with Gasteiger partial charge in [0.1, 0.15) is 0 Å². The van der Waals surface area contributed by atoms with E-state index in [1.54, 1.807) is 11.8 Å². The molecule has 1 amide bonds. The summed E-state index contributed by atoms with van der Waals surface area (Å²) in [4.78, 5) is 12.3. The molecular formula is C21H21NOS. The third-order valence-corrected chi connectivity index (χ3v) is 5.21. The Balaban J connectivity index is 1.52. The number of benzene rings is 3. The molecule has 3 aromatic rings. The van der Waals surface area contributed by atoms with Crippen molar-refractivity contribution in [2.45, 2.75) is 24.5 Å². The van der Waals surface area contributed by atoms with Gasteiger partial charge in [-0.05, 0) is 34.9 Å². The highest BCUT2D eigenvalue weighted by molar-refractivity contribution is 7.99. The van der Waals surface area contributed by atoms with Crippen molar-refractivity contribution in [2.24, 2.45) is 0 Å². The number of fused-ring (bicyclic) bond motifs is 1. The molecule has 3 heteroatoms. The van der Waals surface area contributed by atoms with E-state index < -0.39 is 0 Å². The van der Waals surface area contributed by atoms with Crippen molar-refractivity contribution in [1.29, 1.82) is 0 Å². The van der Waals surface area contributed by atoms with E-state index in [-0.39, 0.29) is 11.2 Å². The first-order valence-corrected chi connectivity index (χ1v) is 9.18. The van der Waals surface area contributed by atoms with E-state index in [1.165, 1.54) is 16.3 Å². The lowest BCUT2D eigenvalue weighted by Crippen LogP contribution is -2.30. The monoisotopic (exact) mass is 335 g/mol. The van der Waals surface area contributed by atoms with Gasteiger partial charge in [-0.1, -0.05) is 66.7 Å².